The normalized spacial score (nSPS) is 19.9. The molecule has 1 aromatic carbocycles. The van der Waals surface area contributed by atoms with E-state index < -0.39 is 0 Å². The standard InChI is InChI=1S/C19H24ClN5S/c1-13-8-14(2)12-25(11-13)17-9-16(20)22-18(23-17)24-19(26)21-10-15-6-4-3-5-7-15/h3-7,9,13-14H,8,10-12H2,1-2H3,(H2,21,22,23,24,26). The molecule has 1 aliphatic rings. The molecule has 0 spiro atoms. The van der Waals surface area contributed by atoms with Crippen LogP contribution in [-0.4, -0.2) is 28.2 Å². The number of benzene rings is 1. The van der Waals surface area contributed by atoms with Crippen LogP contribution in [0.3, 0.4) is 0 Å². The number of hydrogen-bond donors (Lipinski definition) is 2. The van der Waals surface area contributed by atoms with Crippen LogP contribution in [0.5, 0.6) is 0 Å². The first-order valence-corrected chi connectivity index (χ1v) is 9.66. The van der Waals surface area contributed by atoms with Gasteiger partial charge in [-0.05, 0) is 36.0 Å². The van der Waals surface area contributed by atoms with E-state index in [4.69, 9.17) is 23.8 Å². The molecule has 1 aliphatic heterocycles. The molecule has 26 heavy (non-hydrogen) atoms. The van der Waals surface area contributed by atoms with Crippen molar-refractivity contribution in [2.24, 2.45) is 11.8 Å². The predicted molar refractivity (Wildman–Crippen MR) is 112 cm³/mol. The van der Waals surface area contributed by atoms with Crippen LogP contribution in [-0.2, 0) is 6.54 Å². The van der Waals surface area contributed by atoms with E-state index >= 15 is 0 Å². The number of halogens is 1. The molecule has 0 amide bonds. The number of hydrogen-bond acceptors (Lipinski definition) is 4. The minimum absolute atomic E-state index is 0.411. The van der Waals surface area contributed by atoms with Gasteiger partial charge in [0.25, 0.3) is 0 Å². The van der Waals surface area contributed by atoms with Crippen LogP contribution in [0, 0.1) is 11.8 Å². The molecule has 2 N–H and O–H groups in total. The van der Waals surface area contributed by atoms with E-state index in [9.17, 15) is 0 Å². The van der Waals surface area contributed by atoms with Gasteiger partial charge < -0.3 is 15.5 Å². The highest BCUT2D eigenvalue weighted by molar-refractivity contribution is 7.80. The van der Waals surface area contributed by atoms with Crippen LogP contribution in [0.15, 0.2) is 36.4 Å². The summed E-state index contributed by atoms with van der Waals surface area (Å²) >= 11 is 11.6. The number of nitrogens with one attached hydrogen (secondary N) is 2. The monoisotopic (exact) mass is 389 g/mol. The van der Waals surface area contributed by atoms with Gasteiger partial charge in [-0.15, -0.1) is 0 Å². The second-order valence-corrected chi connectivity index (χ2v) is 7.81. The average molecular weight is 390 g/mol. The van der Waals surface area contributed by atoms with Crippen molar-refractivity contribution in [3.8, 4) is 0 Å². The van der Waals surface area contributed by atoms with E-state index in [-0.39, 0.29) is 0 Å². The van der Waals surface area contributed by atoms with Crippen molar-refractivity contribution >= 4 is 40.7 Å². The first kappa shape index (κ1) is 18.9. The Kier molecular flexibility index (Phi) is 6.27. The third-order valence-corrected chi connectivity index (χ3v) is 4.84. The maximum atomic E-state index is 6.22. The van der Waals surface area contributed by atoms with Gasteiger partial charge in [-0.1, -0.05) is 55.8 Å². The van der Waals surface area contributed by atoms with Gasteiger partial charge in [0, 0.05) is 25.7 Å². The zero-order chi connectivity index (χ0) is 18.5. The van der Waals surface area contributed by atoms with E-state index in [2.05, 4.69) is 39.3 Å². The van der Waals surface area contributed by atoms with Crippen LogP contribution < -0.4 is 15.5 Å². The quantitative estimate of drug-likeness (QED) is 0.606. The number of thiocarbonyl (C=S) groups is 1. The molecule has 0 aliphatic carbocycles. The number of rotatable bonds is 4. The van der Waals surface area contributed by atoms with Gasteiger partial charge in [-0.2, -0.15) is 4.98 Å². The Labute approximate surface area is 165 Å². The van der Waals surface area contributed by atoms with Crippen LogP contribution in [0.1, 0.15) is 25.8 Å². The topological polar surface area (TPSA) is 53.1 Å². The van der Waals surface area contributed by atoms with Crippen molar-refractivity contribution in [2.45, 2.75) is 26.8 Å². The molecule has 0 saturated carbocycles. The fourth-order valence-electron chi connectivity index (χ4n) is 3.40. The summed E-state index contributed by atoms with van der Waals surface area (Å²) in [6.45, 7) is 7.14. The maximum absolute atomic E-state index is 6.22. The van der Waals surface area contributed by atoms with E-state index in [1.54, 1.807) is 0 Å². The molecule has 2 aromatic rings. The van der Waals surface area contributed by atoms with E-state index in [0.29, 0.717) is 34.6 Å². The molecule has 2 heterocycles. The highest BCUT2D eigenvalue weighted by atomic mass is 35.5. The molecule has 1 fully saturated rings. The Bertz CT molecular complexity index is 745. The van der Waals surface area contributed by atoms with E-state index in [1.807, 2.05) is 36.4 Å². The summed E-state index contributed by atoms with van der Waals surface area (Å²) in [5.74, 6) is 2.54. The Morgan fingerprint density at radius 2 is 1.88 bits per heavy atom. The van der Waals surface area contributed by atoms with Crippen LogP contribution in [0.25, 0.3) is 0 Å². The zero-order valence-corrected chi connectivity index (χ0v) is 16.6. The van der Waals surface area contributed by atoms with Crippen molar-refractivity contribution in [2.75, 3.05) is 23.3 Å². The smallest absolute Gasteiger partial charge is 0.232 e. The Morgan fingerprint density at radius 3 is 2.58 bits per heavy atom. The van der Waals surface area contributed by atoms with Crippen LogP contribution in [0.4, 0.5) is 11.8 Å². The van der Waals surface area contributed by atoms with Gasteiger partial charge in [0.05, 0.1) is 0 Å². The molecule has 1 aromatic heterocycles. The summed E-state index contributed by atoms with van der Waals surface area (Å²) < 4.78 is 0. The van der Waals surface area contributed by atoms with Crippen molar-refractivity contribution in [1.82, 2.24) is 15.3 Å². The molecule has 5 nitrogen and oxygen atoms in total. The summed E-state index contributed by atoms with van der Waals surface area (Å²) in [6.07, 6.45) is 1.24. The molecule has 7 heteroatoms. The molecule has 138 valence electrons. The van der Waals surface area contributed by atoms with Gasteiger partial charge in [-0.25, -0.2) is 4.98 Å². The number of piperidine rings is 1. The van der Waals surface area contributed by atoms with Crippen molar-refractivity contribution in [3.63, 3.8) is 0 Å². The van der Waals surface area contributed by atoms with Gasteiger partial charge in [0.2, 0.25) is 5.95 Å². The summed E-state index contributed by atoms with van der Waals surface area (Å²) in [6, 6.07) is 11.9. The molecule has 3 rings (SSSR count). The first-order chi connectivity index (χ1) is 12.5. The summed E-state index contributed by atoms with van der Waals surface area (Å²) in [4.78, 5) is 11.1. The van der Waals surface area contributed by atoms with E-state index in [0.717, 1.165) is 24.5 Å². The number of nitrogens with zero attached hydrogens (tertiary/aromatic N) is 3. The fraction of sp³-hybridized carbons (Fsp3) is 0.421. The fourth-order valence-corrected chi connectivity index (χ4v) is 3.74. The highest BCUT2D eigenvalue weighted by Gasteiger charge is 2.23. The second-order valence-electron chi connectivity index (χ2n) is 7.02. The molecule has 2 atom stereocenters. The predicted octanol–water partition coefficient (Wildman–Crippen LogP) is 4.10. The molecule has 0 radical (unpaired) electrons. The molecular formula is C19H24ClN5S. The molecule has 2 unspecified atom stereocenters. The third kappa shape index (κ3) is 5.29. The molecule has 1 saturated heterocycles. The Hall–Kier alpha value is -1.92. The van der Waals surface area contributed by atoms with Gasteiger partial charge in [0.15, 0.2) is 5.11 Å². The lowest BCUT2D eigenvalue weighted by Crippen LogP contribution is -2.39. The maximum Gasteiger partial charge on any atom is 0.232 e. The lowest BCUT2D eigenvalue weighted by molar-refractivity contribution is 0.355. The summed E-state index contributed by atoms with van der Waals surface area (Å²) in [7, 11) is 0. The molecule has 0 bridgehead atoms. The average Bonchev–Trinajstić information content (AvgIpc) is 2.59. The van der Waals surface area contributed by atoms with Gasteiger partial charge in [0.1, 0.15) is 11.0 Å². The van der Waals surface area contributed by atoms with Crippen molar-refractivity contribution in [3.05, 3.63) is 47.1 Å². The SMILES string of the molecule is CC1CC(C)CN(c2cc(Cl)nc(NC(=S)NCc3ccccc3)n2)C1. The van der Waals surface area contributed by atoms with Gasteiger partial charge in [-0.3, -0.25) is 0 Å². The second kappa shape index (κ2) is 8.64. The minimum atomic E-state index is 0.411. The van der Waals surface area contributed by atoms with Crippen molar-refractivity contribution < 1.29 is 0 Å². The molecular weight excluding hydrogens is 366 g/mol. The summed E-state index contributed by atoms with van der Waals surface area (Å²) in [5.41, 5.74) is 1.15. The van der Waals surface area contributed by atoms with Crippen LogP contribution >= 0.6 is 23.8 Å². The highest BCUT2D eigenvalue weighted by Crippen LogP contribution is 2.27. The van der Waals surface area contributed by atoms with Crippen LogP contribution in [0.2, 0.25) is 5.15 Å². The lowest BCUT2D eigenvalue weighted by atomic mass is 9.92. The number of aromatic nitrogens is 2. The Morgan fingerprint density at radius 1 is 1.19 bits per heavy atom. The van der Waals surface area contributed by atoms with Gasteiger partial charge >= 0.3 is 0 Å². The number of anilines is 2. The van der Waals surface area contributed by atoms with Crippen molar-refractivity contribution in [1.29, 1.82) is 0 Å². The summed E-state index contributed by atoms with van der Waals surface area (Å²) in [5, 5.41) is 7.09. The van der Waals surface area contributed by atoms with E-state index in [1.165, 1.54) is 6.42 Å². The largest absolute Gasteiger partial charge is 0.358 e. The first-order valence-electron chi connectivity index (χ1n) is 8.88. The Balaban J connectivity index is 1.64. The minimum Gasteiger partial charge on any atom is -0.358 e. The zero-order valence-electron chi connectivity index (χ0n) is 15.1. The third-order valence-electron chi connectivity index (χ3n) is 4.40. The lowest BCUT2D eigenvalue weighted by Gasteiger charge is -2.35.